The first-order valence-electron chi connectivity index (χ1n) is 27.2. The molecule has 2 aromatic carbocycles. The summed E-state index contributed by atoms with van der Waals surface area (Å²) in [5.74, 6) is -4.57. The summed E-state index contributed by atoms with van der Waals surface area (Å²) >= 11 is 20.0. The zero-order valence-corrected chi connectivity index (χ0v) is 52.7. The molecule has 28 heteroatoms. The second kappa shape index (κ2) is 31.2. The number of urea groups is 1. The molecule has 9 atom stereocenters. The molecule has 8 amide bonds. The molecular weight excluding hydrogens is 1270 g/mol. The number of carbonyl (C=O) groups is 8. The summed E-state index contributed by atoms with van der Waals surface area (Å²) in [6.07, 6.45) is 0.852. The number of primary amides is 1. The van der Waals surface area contributed by atoms with Gasteiger partial charge in [0.1, 0.15) is 58.2 Å². The van der Waals surface area contributed by atoms with Gasteiger partial charge in [0.25, 0.3) is 0 Å². The van der Waals surface area contributed by atoms with Crippen molar-refractivity contribution in [3.63, 3.8) is 0 Å². The van der Waals surface area contributed by atoms with Gasteiger partial charge in [0.2, 0.25) is 23.6 Å². The number of hydrogen-bond donors (Lipinski definition) is 8. The van der Waals surface area contributed by atoms with E-state index >= 15 is 4.39 Å². The van der Waals surface area contributed by atoms with E-state index in [0.29, 0.717) is 41.9 Å². The smallest absolute Gasteiger partial charge is 0.412 e. The highest BCUT2D eigenvalue weighted by molar-refractivity contribution is 9.10. The molecule has 5 rings (SSSR count). The van der Waals surface area contributed by atoms with E-state index in [1.165, 1.54) is 26.2 Å². The lowest BCUT2D eigenvalue weighted by Crippen LogP contribution is -2.63. The summed E-state index contributed by atoms with van der Waals surface area (Å²) in [6.45, 7) is 8.87. The molecule has 0 aliphatic carbocycles. The number of ether oxygens (including phenoxy) is 6. The first kappa shape index (κ1) is 69.2. The topological polar surface area (TPSA) is 317 Å². The Labute approximate surface area is 514 Å². The van der Waals surface area contributed by atoms with Crippen molar-refractivity contribution in [2.75, 3.05) is 60.6 Å². The Balaban J connectivity index is 1.34. The molecule has 9 N–H and O–H groups in total. The zero-order valence-electron chi connectivity index (χ0n) is 48.0. The standard InChI is InChI=1S/C56H75Br2Cl2FN8O15/c1-30(2)47(67-44(71)17-10-9-11-19-81-55(27-57,28-58)29-70)50(74)64-36(15-13-18-63-51(62)75)49(73)65-38-23-34(59)37(24-35(38)61)66-52(76)83-43-25-45(72)69(6)39-21-33(22-40(79-7)46(39)60)20-31(3)14-12-16-42(80-8)56(78)26-41(82-53(77)68-56)32(4)48-54(43,5)84-48/h12,14,16,21-24,29-30,32,36,41-43,47-48,78H,9-11,13,15,17-20,25-28H2,1-8H3,(H,64,74)(H,65,73)(H,66,76)(H,67,71)(H,68,77)(H3,62,63,75)/b16-12+,31-14+/t32-,36+,41+,42-,43+,47+,48+,54+,56+/m1/s1. The van der Waals surface area contributed by atoms with E-state index in [-0.39, 0.29) is 66.0 Å². The molecule has 3 aliphatic rings. The number of anilines is 3. The molecule has 0 unspecified atom stereocenters. The van der Waals surface area contributed by atoms with E-state index in [0.717, 1.165) is 24.0 Å². The van der Waals surface area contributed by atoms with Crippen LogP contribution in [0.1, 0.15) is 91.5 Å². The number of carbonyl (C=O) groups excluding carboxylic acids is 8. The molecule has 2 fully saturated rings. The van der Waals surface area contributed by atoms with Gasteiger partial charge in [-0.05, 0) is 75.6 Å². The van der Waals surface area contributed by atoms with Gasteiger partial charge in [0, 0.05) is 62.8 Å². The average molecular weight is 1350 g/mol. The van der Waals surface area contributed by atoms with Crippen LogP contribution in [0.25, 0.3) is 0 Å². The van der Waals surface area contributed by atoms with Gasteiger partial charge in [0.05, 0.1) is 41.7 Å². The number of benzene rings is 2. The highest BCUT2D eigenvalue weighted by atomic mass is 79.9. The summed E-state index contributed by atoms with van der Waals surface area (Å²) < 4.78 is 51.0. The van der Waals surface area contributed by atoms with Crippen LogP contribution in [0.3, 0.4) is 0 Å². The van der Waals surface area contributed by atoms with Gasteiger partial charge >= 0.3 is 18.2 Å². The monoisotopic (exact) mass is 1350 g/mol. The van der Waals surface area contributed by atoms with E-state index in [1.54, 1.807) is 58.1 Å². The number of alkyl carbamates (subject to hydrolysis) is 1. The van der Waals surface area contributed by atoms with Crippen LogP contribution in [0.15, 0.2) is 48.1 Å². The minimum absolute atomic E-state index is 0.0144. The second-order valence-corrected chi connectivity index (χ2v) is 23.4. The van der Waals surface area contributed by atoms with E-state index < -0.39 is 125 Å². The van der Waals surface area contributed by atoms with Crippen molar-refractivity contribution in [1.29, 1.82) is 0 Å². The molecule has 3 aliphatic heterocycles. The number of aldehydes is 1. The number of hydrogen-bond acceptors (Lipinski definition) is 15. The number of nitrogens with zero attached hydrogens (tertiary/aromatic N) is 1. The molecule has 0 aromatic heterocycles. The van der Waals surface area contributed by atoms with Crippen LogP contribution in [0.2, 0.25) is 10.0 Å². The Bertz CT molecular complexity index is 2800. The van der Waals surface area contributed by atoms with Crippen LogP contribution in [0.4, 0.5) is 35.8 Å². The van der Waals surface area contributed by atoms with E-state index in [4.69, 9.17) is 57.4 Å². The van der Waals surface area contributed by atoms with Gasteiger partial charge in [-0.2, -0.15) is 0 Å². The van der Waals surface area contributed by atoms with Gasteiger partial charge in [-0.15, -0.1) is 0 Å². The summed E-state index contributed by atoms with van der Waals surface area (Å²) in [5, 5.41) is 27.4. The van der Waals surface area contributed by atoms with Crippen molar-refractivity contribution in [2.24, 2.45) is 17.6 Å². The lowest BCUT2D eigenvalue weighted by molar-refractivity contribution is -0.142. The fourth-order valence-corrected chi connectivity index (χ4v) is 11.8. The fourth-order valence-electron chi connectivity index (χ4n) is 9.71. The molecule has 464 valence electrons. The van der Waals surface area contributed by atoms with E-state index in [1.807, 2.05) is 6.92 Å². The number of unbranched alkanes of at least 4 members (excludes halogenated alkanes) is 2. The molecule has 23 nitrogen and oxygen atoms in total. The second-order valence-electron chi connectivity index (χ2n) is 21.5. The van der Waals surface area contributed by atoms with Gasteiger partial charge < -0.3 is 70.2 Å². The maximum absolute atomic E-state index is 16.1. The van der Waals surface area contributed by atoms with Crippen molar-refractivity contribution >= 4 is 120 Å². The van der Waals surface area contributed by atoms with Crippen LogP contribution in [-0.2, 0) is 54.1 Å². The Morgan fingerprint density at radius 2 is 1.74 bits per heavy atom. The Morgan fingerprint density at radius 3 is 2.38 bits per heavy atom. The van der Waals surface area contributed by atoms with Crippen molar-refractivity contribution in [1.82, 2.24) is 21.3 Å². The first-order chi connectivity index (χ1) is 39.7. The molecule has 84 heavy (non-hydrogen) atoms. The van der Waals surface area contributed by atoms with Crippen LogP contribution >= 0.6 is 55.1 Å². The number of amides is 8. The molecule has 0 saturated carbocycles. The van der Waals surface area contributed by atoms with Gasteiger partial charge in [-0.3, -0.25) is 29.8 Å². The van der Waals surface area contributed by atoms with Crippen molar-refractivity contribution in [3.05, 3.63) is 69.5 Å². The van der Waals surface area contributed by atoms with Gasteiger partial charge in [-0.25, -0.2) is 18.8 Å². The van der Waals surface area contributed by atoms with Crippen molar-refractivity contribution < 1.29 is 76.3 Å². The zero-order chi connectivity index (χ0) is 62.3. The summed E-state index contributed by atoms with van der Waals surface area (Å²) in [7, 11) is 4.30. The number of rotatable bonds is 24. The fraction of sp³-hybridized carbons (Fsp3) is 0.571. The van der Waals surface area contributed by atoms with Crippen LogP contribution in [-0.4, -0.2) is 152 Å². The molecule has 3 heterocycles. The van der Waals surface area contributed by atoms with E-state index in [9.17, 15) is 43.5 Å². The molecule has 0 spiro atoms. The highest BCUT2D eigenvalue weighted by Gasteiger charge is 2.64. The maximum atomic E-state index is 16.1. The number of halogens is 5. The third kappa shape index (κ3) is 18.5. The lowest BCUT2D eigenvalue weighted by atomic mass is 9.83. The summed E-state index contributed by atoms with van der Waals surface area (Å²) in [6, 6.07) is 2.00. The molecular formula is C56H75Br2Cl2FN8O15. The maximum Gasteiger partial charge on any atom is 0.412 e. The molecule has 2 aromatic rings. The van der Waals surface area contributed by atoms with Crippen molar-refractivity contribution in [3.8, 4) is 5.75 Å². The SMILES string of the molecule is COc1cc2cc(c1Cl)N(C)C(=O)C[C@H](OC(=O)Nc1cc(F)c(NC(=O)[C@H](CCCNC(N)=O)NC(=O)[C@@H](NC(=O)CCCCCOC(C=O)(CBr)CBr)C(C)C)cc1Cl)[C@]1(C)O[C@H]1[C@H](C)[C@@H]1C[C@@](O)(NC(=O)O1)[C@H](OC)/C=C/C=C(\C)C2. The number of epoxide rings is 1. The average Bonchev–Trinajstić information content (AvgIpc) is 2.47. The van der Waals surface area contributed by atoms with E-state index in [2.05, 4.69) is 63.8 Å². The van der Waals surface area contributed by atoms with Gasteiger partial charge in [0.15, 0.2) is 12.0 Å². The number of nitrogens with two attached hydrogens (primary N) is 1. The number of nitrogens with one attached hydrogen (secondary N) is 6. The van der Waals surface area contributed by atoms with Crippen molar-refractivity contribution in [2.45, 2.75) is 146 Å². The summed E-state index contributed by atoms with van der Waals surface area (Å²) in [4.78, 5) is 106. The minimum atomic E-state index is -1.94. The molecule has 4 bridgehead atoms. The lowest BCUT2D eigenvalue weighted by Gasteiger charge is -2.42. The largest absolute Gasteiger partial charge is 0.495 e. The predicted molar refractivity (Wildman–Crippen MR) is 319 cm³/mol. The quantitative estimate of drug-likeness (QED) is 0.0219. The number of allylic oxidation sites excluding steroid dienone is 3. The number of methoxy groups -OCH3 is 2. The van der Waals surface area contributed by atoms with Crippen LogP contribution in [0, 0.1) is 17.7 Å². The first-order valence-corrected chi connectivity index (χ1v) is 30.2. The van der Waals surface area contributed by atoms with Crippen LogP contribution in [0.5, 0.6) is 5.75 Å². The van der Waals surface area contributed by atoms with Crippen LogP contribution < -0.4 is 47.3 Å². The normalized spacial score (nSPS) is 24.3. The summed E-state index contributed by atoms with van der Waals surface area (Å²) in [5.41, 5.74) is 1.92. The number of fused-ring (bicyclic) bond motifs is 5. The third-order valence-electron chi connectivity index (χ3n) is 14.7. The predicted octanol–water partition coefficient (Wildman–Crippen LogP) is 7.48. The highest BCUT2D eigenvalue weighted by Crippen LogP contribution is 2.49. The number of alkyl halides is 2. The molecule has 0 radical (unpaired) electrons. The third-order valence-corrected chi connectivity index (χ3v) is 17.3. The molecule has 2 saturated heterocycles. The Hall–Kier alpha value is -5.61. The Kier molecular flexibility index (Phi) is 25.7. The van der Waals surface area contributed by atoms with Gasteiger partial charge in [-0.1, -0.05) is 106 Å². The number of aliphatic hydroxyl groups is 1. The minimum Gasteiger partial charge on any atom is -0.495 e. The Morgan fingerprint density at radius 1 is 1.02 bits per heavy atom.